The van der Waals surface area contributed by atoms with Gasteiger partial charge in [-0.1, -0.05) is 12.1 Å². The highest BCUT2D eigenvalue weighted by Gasteiger charge is 2.35. The standard InChI is InChI=1S/C15H15ClF3N3O3P/c16-14-20-8-12(15(17,18)19)13(22-14)21-11-4-2-10(3-5-11)9-26(23)24-6-1-7-25-26/h2-5,8,23H,1,6-7,9H2,(H,20,21,22). The Balaban J connectivity index is 1.75. The molecule has 0 atom stereocenters. The Hall–Kier alpha value is -1.51. The zero-order valence-electron chi connectivity index (χ0n) is 13.3. The number of anilines is 2. The first-order valence-corrected chi connectivity index (χ1v) is 9.75. The zero-order chi connectivity index (χ0) is 18.8. The molecule has 26 heavy (non-hydrogen) atoms. The summed E-state index contributed by atoms with van der Waals surface area (Å²) in [6, 6.07) is 6.47. The largest absolute Gasteiger partial charge is 0.421 e. The van der Waals surface area contributed by atoms with Gasteiger partial charge < -0.3 is 19.3 Å². The smallest absolute Gasteiger partial charge is 0.340 e. The topological polar surface area (TPSA) is 76.5 Å². The average Bonchev–Trinajstić information content (AvgIpc) is 2.56. The quantitative estimate of drug-likeness (QED) is 0.569. The summed E-state index contributed by atoms with van der Waals surface area (Å²) in [6.07, 6.45) is -3.05. The molecule has 1 aromatic heterocycles. The van der Waals surface area contributed by atoms with Crippen LogP contribution in [0, 0.1) is 0 Å². The van der Waals surface area contributed by atoms with Gasteiger partial charge in [0, 0.05) is 11.9 Å². The van der Waals surface area contributed by atoms with Crippen LogP contribution in [-0.2, 0) is 21.4 Å². The molecule has 141 valence electrons. The fourth-order valence-electron chi connectivity index (χ4n) is 2.33. The first kappa shape index (κ1) is 19.3. The van der Waals surface area contributed by atoms with Gasteiger partial charge in [-0.2, -0.15) is 18.2 Å². The Morgan fingerprint density at radius 1 is 1.19 bits per heavy atom. The lowest BCUT2D eigenvalue weighted by Crippen LogP contribution is -2.14. The van der Waals surface area contributed by atoms with Gasteiger partial charge in [0.2, 0.25) is 13.2 Å². The summed E-state index contributed by atoms with van der Waals surface area (Å²) in [5.74, 6) is -0.435. The summed E-state index contributed by atoms with van der Waals surface area (Å²) in [5, 5.41) is 2.29. The lowest BCUT2D eigenvalue weighted by molar-refractivity contribution is -0.137. The Morgan fingerprint density at radius 2 is 1.85 bits per heavy atom. The minimum absolute atomic E-state index is 0.209. The maximum absolute atomic E-state index is 13.0. The molecule has 0 saturated carbocycles. The van der Waals surface area contributed by atoms with Crippen molar-refractivity contribution in [3.63, 3.8) is 0 Å². The third-order valence-corrected chi connectivity index (χ3v) is 5.66. The Bertz CT molecular complexity index is 771. The molecule has 1 aromatic carbocycles. The fraction of sp³-hybridized carbons (Fsp3) is 0.333. The summed E-state index contributed by atoms with van der Waals surface area (Å²) in [4.78, 5) is 17.3. The van der Waals surface area contributed by atoms with Gasteiger partial charge in [0.25, 0.3) is 0 Å². The van der Waals surface area contributed by atoms with E-state index < -0.39 is 25.5 Å². The van der Waals surface area contributed by atoms with E-state index in [0.29, 0.717) is 25.1 Å². The summed E-state index contributed by atoms with van der Waals surface area (Å²) in [5.41, 5.74) is 0.102. The lowest BCUT2D eigenvalue weighted by Gasteiger charge is -2.32. The molecular formula is C15H15ClF3N3O3P. The van der Waals surface area contributed by atoms with Crippen LogP contribution in [0.15, 0.2) is 30.5 Å². The predicted octanol–water partition coefficient (Wildman–Crippen LogP) is 4.58. The molecule has 1 fully saturated rings. The maximum Gasteiger partial charge on any atom is 0.421 e. The molecule has 6 nitrogen and oxygen atoms in total. The van der Waals surface area contributed by atoms with E-state index in [2.05, 4.69) is 15.3 Å². The van der Waals surface area contributed by atoms with Crippen LogP contribution in [0.4, 0.5) is 24.7 Å². The molecule has 1 radical (unpaired) electrons. The van der Waals surface area contributed by atoms with Crippen molar-refractivity contribution in [3.05, 3.63) is 46.9 Å². The summed E-state index contributed by atoms with van der Waals surface area (Å²) < 4.78 is 49.8. The van der Waals surface area contributed by atoms with Crippen LogP contribution < -0.4 is 5.32 Å². The van der Waals surface area contributed by atoms with Gasteiger partial charge in [-0.15, -0.1) is 0 Å². The lowest BCUT2D eigenvalue weighted by atomic mass is 10.2. The average molecular weight is 409 g/mol. The zero-order valence-corrected chi connectivity index (χ0v) is 15.0. The summed E-state index contributed by atoms with van der Waals surface area (Å²) in [7, 11) is -2.91. The Kier molecular flexibility index (Phi) is 5.64. The minimum atomic E-state index is -4.61. The molecule has 2 heterocycles. The molecular weight excluding hydrogens is 394 g/mol. The number of alkyl halides is 3. The number of nitrogens with zero attached hydrogens (tertiary/aromatic N) is 2. The van der Waals surface area contributed by atoms with E-state index in [0.717, 1.165) is 12.0 Å². The molecule has 0 amide bonds. The van der Waals surface area contributed by atoms with Gasteiger partial charge in [0.1, 0.15) is 11.4 Å². The summed E-state index contributed by atoms with van der Waals surface area (Å²) >= 11 is 5.60. The highest BCUT2D eigenvalue weighted by molar-refractivity contribution is 7.59. The molecule has 1 saturated heterocycles. The van der Waals surface area contributed by atoms with Crippen molar-refractivity contribution in [2.24, 2.45) is 0 Å². The molecule has 3 rings (SSSR count). The third-order valence-electron chi connectivity index (χ3n) is 3.54. The molecule has 1 aliphatic rings. The molecule has 0 bridgehead atoms. The molecule has 0 spiro atoms. The van der Waals surface area contributed by atoms with Crippen LogP contribution in [-0.4, -0.2) is 28.1 Å². The number of hydrogen-bond donors (Lipinski definition) is 2. The molecule has 11 heteroatoms. The van der Waals surface area contributed by atoms with Crippen molar-refractivity contribution in [3.8, 4) is 0 Å². The molecule has 2 aromatic rings. The molecule has 0 unspecified atom stereocenters. The molecule has 0 aliphatic carbocycles. The monoisotopic (exact) mass is 408 g/mol. The second-order valence-corrected chi connectivity index (χ2v) is 7.98. The first-order chi connectivity index (χ1) is 12.3. The van der Waals surface area contributed by atoms with Gasteiger partial charge in [-0.25, -0.2) is 4.98 Å². The maximum atomic E-state index is 13.0. The van der Waals surface area contributed by atoms with Gasteiger partial charge in [-0.3, -0.25) is 0 Å². The Morgan fingerprint density at radius 3 is 2.46 bits per heavy atom. The van der Waals surface area contributed by atoms with Crippen molar-refractivity contribution in [1.82, 2.24) is 9.97 Å². The van der Waals surface area contributed by atoms with E-state index >= 15 is 0 Å². The van der Waals surface area contributed by atoms with Crippen LogP contribution in [0.2, 0.25) is 5.28 Å². The number of rotatable bonds is 4. The van der Waals surface area contributed by atoms with E-state index in [1.54, 1.807) is 24.3 Å². The van der Waals surface area contributed by atoms with Crippen molar-refractivity contribution in [2.45, 2.75) is 18.8 Å². The van der Waals surface area contributed by atoms with Crippen molar-refractivity contribution in [2.75, 3.05) is 18.5 Å². The SMILES string of the molecule is O[P]1(Cc2ccc(Nc3nc(Cl)ncc3C(F)(F)F)cc2)OCCCO1. The molecule has 2 N–H and O–H groups in total. The first-order valence-electron chi connectivity index (χ1n) is 7.61. The number of nitrogens with one attached hydrogen (secondary N) is 1. The van der Waals surface area contributed by atoms with E-state index in [-0.39, 0.29) is 11.4 Å². The van der Waals surface area contributed by atoms with E-state index in [9.17, 15) is 18.1 Å². The van der Waals surface area contributed by atoms with Crippen LogP contribution >= 0.6 is 19.5 Å². The van der Waals surface area contributed by atoms with E-state index in [4.69, 9.17) is 20.6 Å². The van der Waals surface area contributed by atoms with Crippen molar-refractivity contribution in [1.29, 1.82) is 0 Å². The van der Waals surface area contributed by atoms with Gasteiger partial charge in [0.05, 0.1) is 19.4 Å². The normalized spacial score (nSPS) is 17.1. The van der Waals surface area contributed by atoms with Crippen LogP contribution in [0.3, 0.4) is 0 Å². The number of benzene rings is 1. The van der Waals surface area contributed by atoms with Crippen LogP contribution in [0.5, 0.6) is 0 Å². The number of hydrogen-bond acceptors (Lipinski definition) is 6. The van der Waals surface area contributed by atoms with Gasteiger partial charge in [-0.05, 0) is 35.7 Å². The minimum Gasteiger partial charge on any atom is -0.340 e. The number of halogens is 4. The Labute approximate surface area is 152 Å². The van der Waals surface area contributed by atoms with Gasteiger partial charge >= 0.3 is 6.18 Å². The second-order valence-electron chi connectivity index (χ2n) is 5.54. The number of aromatic nitrogens is 2. The summed E-state index contributed by atoms with van der Waals surface area (Å²) in [6.45, 7) is 0.886. The second kappa shape index (κ2) is 7.62. The van der Waals surface area contributed by atoms with Crippen LogP contribution in [0.25, 0.3) is 0 Å². The fourth-order valence-corrected chi connectivity index (χ4v) is 4.22. The third kappa shape index (κ3) is 4.81. The highest BCUT2D eigenvalue weighted by Crippen LogP contribution is 2.61. The predicted molar refractivity (Wildman–Crippen MR) is 91.1 cm³/mol. The highest BCUT2D eigenvalue weighted by atomic mass is 35.5. The van der Waals surface area contributed by atoms with Gasteiger partial charge in [0.15, 0.2) is 0 Å². The van der Waals surface area contributed by atoms with E-state index in [1.807, 2.05) is 0 Å². The van der Waals surface area contributed by atoms with E-state index in [1.165, 1.54) is 0 Å². The van der Waals surface area contributed by atoms with Crippen molar-refractivity contribution < 1.29 is 27.1 Å². The molecule has 1 aliphatic heterocycles. The van der Waals surface area contributed by atoms with Crippen LogP contribution in [0.1, 0.15) is 17.5 Å². The van der Waals surface area contributed by atoms with Crippen molar-refractivity contribution >= 4 is 31.0 Å².